The first-order valence-electron chi connectivity index (χ1n) is 8.09. The molecule has 21 heavy (non-hydrogen) atoms. The smallest absolute Gasteiger partial charge is 0.128 e. The Hall–Kier alpha value is -0.970. The van der Waals surface area contributed by atoms with Gasteiger partial charge in [-0.1, -0.05) is 25.1 Å². The minimum absolute atomic E-state index is 0.0783. The van der Waals surface area contributed by atoms with Crippen molar-refractivity contribution in [3.05, 3.63) is 35.6 Å². The van der Waals surface area contributed by atoms with E-state index in [9.17, 15) is 4.39 Å². The minimum atomic E-state index is -0.0990. The highest BCUT2D eigenvalue weighted by Gasteiger charge is 2.20. The molecule has 1 unspecified atom stereocenters. The maximum Gasteiger partial charge on any atom is 0.128 e. The van der Waals surface area contributed by atoms with Crippen LogP contribution in [-0.2, 0) is 0 Å². The van der Waals surface area contributed by atoms with Gasteiger partial charge < -0.3 is 15.1 Å². The van der Waals surface area contributed by atoms with Gasteiger partial charge in [-0.25, -0.2) is 4.39 Å². The highest BCUT2D eigenvalue weighted by Crippen LogP contribution is 2.19. The zero-order valence-electron chi connectivity index (χ0n) is 13.3. The molecule has 1 saturated heterocycles. The maximum absolute atomic E-state index is 14.1. The molecule has 0 saturated carbocycles. The maximum atomic E-state index is 14.1. The molecule has 1 fully saturated rings. The van der Waals surface area contributed by atoms with Crippen molar-refractivity contribution in [1.29, 1.82) is 0 Å². The van der Waals surface area contributed by atoms with Crippen LogP contribution in [0.1, 0.15) is 31.4 Å². The summed E-state index contributed by atoms with van der Waals surface area (Å²) in [5.41, 5.74) is 0.795. The quantitative estimate of drug-likeness (QED) is 0.869. The summed E-state index contributed by atoms with van der Waals surface area (Å²) >= 11 is 0. The van der Waals surface area contributed by atoms with E-state index in [-0.39, 0.29) is 11.9 Å². The van der Waals surface area contributed by atoms with Gasteiger partial charge in [0.25, 0.3) is 0 Å². The fourth-order valence-corrected chi connectivity index (χ4v) is 2.89. The fourth-order valence-electron chi connectivity index (χ4n) is 2.89. The number of nitrogens with one attached hydrogen (secondary N) is 1. The third-order valence-corrected chi connectivity index (χ3v) is 4.17. The van der Waals surface area contributed by atoms with E-state index in [1.54, 1.807) is 12.1 Å². The van der Waals surface area contributed by atoms with Crippen molar-refractivity contribution in [3.63, 3.8) is 0 Å². The van der Waals surface area contributed by atoms with Crippen molar-refractivity contribution in [2.24, 2.45) is 0 Å². The Morgan fingerprint density at radius 3 is 2.76 bits per heavy atom. The Morgan fingerprint density at radius 1 is 1.19 bits per heavy atom. The molecule has 3 nitrogen and oxygen atoms in total. The number of nitrogens with zero attached hydrogens (tertiary/aromatic N) is 2. The molecule has 4 heteroatoms. The van der Waals surface area contributed by atoms with E-state index in [1.807, 2.05) is 12.1 Å². The third-order valence-electron chi connectivity index (χ3n) is 4.17. The van der Waals surface area contributed by atoms with Crippen LogP contribution in [0.25, 0.3) is 0 Å². The summed E-state index contributed by atoms with van der Waals surface area (Å²) in [6, 6.07) is 7.24. The van der Waals surface area contributed by atoms with Gasteiger partial charge in [0, 0.05) is 31.2 Å². The Balaban J connectivity index is 2.04. The first-order chi connectivity index (χ1) is 10.2. The third kappa shape index (κ3) is 5.06. The fraction of sp³-hybridized carbons (Fsp3) is 0.647. The van der Waals surface area contributed by atoms with Crippen LogP contribution in [0.5, 0.6) is 0 Å². The molecule has 118 valence electrons. The summed E-state index contributed by atoms with van der Waals surface area (Å²) in [5, 5.41) is 3.51. The van der Waals surface area contributed by atoms with Crippen LogP contribution in [0.4, 0.5) is 4.39 Å². The Morgan fingerprint density at radius 2 is 2.00 bits per heavy atom. The average Bonchev–Trinajstić information content (AvgIpc) is 2.69. The van der Waals surface area contributed by atoms with Gasteiger partial charge in [-0.05, 0) is 45.6 Å². The minimum Gasteiger partial charge on any atom is -0.309 e. The molecule has 0 aliphatic carbocycles. The van der Waals surface area contributed by atoms with Crippen LogP contribution in [0.2, 0.25) is 0 Å². The number of halogens is 1. The highest BCUT2D eigenvalue weighted by molar-refractivity contribution is 5.21. The molecule has 1 aromatic rings. The lowest BCUT2D eigenvalue weighted by Crippen LogP contribution is -2.38. The second-order valence-corrected chi connectivity index (χ2v) is 5.99. The van der Waals surface area contributed by atoms with Crippen LogP contribution in [-0.4, -0.2) is 56.1 Å². The first-order valence-corrected chi connectivity index (χ1v) is 8.09. The lowest BCUT2D eigenvalue weighted by atomic mass is 10.1. The van der Waals surface area contributed by atoms with Crippen LogP contribution >= 0.6 is 0 Å². The summed E-state index contributed by atoms with van der Waals surface area (Å²) in [6.07, 6.45) is 2.25. The van der Waals surface area contributed by atoms with E-state index in [4.69, 9.17) is 0 Å². The predicted octanol–water partition coefficient (Wildman–Crippen LogP) is 2.50. The van der Waals surface area contributed by atoms with E-state index < -0.39 is 0 Å². The molecule has 2 rings (SSSR count). The molecule has 1 heterocycles. The van der Waals surface area contributed by atoms with Crippen molar-refractivity contribution in [2.45, 2.75) is 25.8 Å². The van der Waals surface area contributed by atoms with Crippen molar-refractivity contribution in [1.82, 2.24) is 15.1 Å². The number of hydrogen-bond acceptors (Lipinski definition) is 3. The highest BCUT2D eigenvalue weighted by atomic mass is 19.1. The summed E-state index contributed by atoms with van der Waals surface area (Å²) in [6.45, 7) is 8.37. The lowest BCUT2D eigenvalue weighted by Gasteiger charge is -2.27. The molecule has 0 spiro atoms. The molecule has 0 amide bonds. The molecule has 1 N–H and O–H groups in total. The zero-order chi connectivity index (χ0) is 15.1. The van der Waals surface area contributed by atoms with E-state index in [0.717, 1.165) is 51.3 Å². The second-order valence-electron chi connectivity index (χ2n) is 5.99. The van der Waals surface area contributed by atoms with Gasteiger partial charge in [-0.2, -0.15) is 0 Å². The topological polar surface area (TPSA) is 18.5 Å². The molecule has 1 atom stereocenters. The number of hydrogen-bond donors (Lipinski definition) is 1. The molecule has 1 aliphatic rings. The molecular weight excluding hydrogens is 265 g/mol. The van der Waals surface area contributed by atoms with E-state index in [1.165, 1.54) is 6.42 Å². The van der Waals surface area contributed by atoms with E-state index >= 15 is 0 Å². The molecule has 0 aromatic heterocycles. The van der Waals surface area contributed by atoms with Crippen molar-refractivity contribution < 1.29 is 4.39 Å². The van der Waals surface area contributed by atoms with Crippen LogP contribution in [0, 0.1) is 5.82 Å². The van der Waals surface area contributed by atoms with E-state index in [0.29, 0.717) is 0 Å². The number of rotatable bonds is 6. The summed E-state index contributed by atoms with van der Waals surface area (Å²) in [5.74, 6) is -0.0990. The van der Waals surface area contributed by atoms with Gasteiger partial charge in [-0.15, -0.1) is 0 Å². The van der Waals surface area contributed by atoms with Crippen molar-refractivity contribution in [2.75, 3.05) is 46.3 Å². The van der Waals surface area contributed by atoms with Gasteiger partial charge >= 0.3 is 0 Å². The average molecular weight is 293 g/mol. The first kappa shape index (κ1) is 16.4. The molecule has 1 aromatic carbocycles. The van der Waals surface area contributed by atoms with Gasteiger partial charge in [0.15, 0.2) is 0 Å². The Bertz CT molecular complexity index is 424. The van der Waals surface area contributed by atoms with Gasteiger partial charge in [0.2, 0.25) is 0 Å². The van der Waals surface area contributed by atoms with Gasteiger partial charge in [0.1, 0.15) is 5.82 Å². The predicted molar refractivity (Wildman–Crippen MR) is 86.0 cm³/mol. The second kappa shape index (κ2) is 8.47. The summed E-state index contributed by atoms with van der Waals surface area (Å²) in [7, 11) is 2.17. The summed E-state index contributed by atoms with van der Waals surface area (Å²) in [4.78, 5) is 4.83. The van der Waals surface area contributed by atoms with Gasteiger partial charge in [-0.3, -0.25) is 0 Å². The number of likely N-dealkylation sites (N-methyl/N-ethyl adjacent to an activating group) is 1. The molecule has 0 radical (unpaired) electrons. The largest absolute Gasteiger partial charge is 0.309 e. The zero-order valence-corrected chi connectivity index (χ0v) is 13.3. The van der Waals surface area contributed by atoms with Crippen LogP contribution in [0.15, 0.2) is 24.3 Å². The van der Waals surface area contributed by atoms with Crippen LogP contribution < -0.4 is 5.32 Å². The normalized spacial score (nSPS) is 19.4. The van der Waals surface area contributed by atoms with Crippen molar-refractivity contribution >= 4 is 0 Å². The van der Waals surface area contributed by atoms with Gasteiger partial charge in [0.05, 0.1) is 0 Å². The summed E-state index contributed by atoms with van der Waals surface area (Å²) < 4.78 is 14.1. The van der Waals surface area contributed by atoms with Crippen molar-refractivity contribution in [3.8, 4) is 0 Å². The Kier molecular flexibility index (Phi) is 6.61. The molecule has 0 bridgehead atoms. The molecule has 1 aliphatic heterocycles. The van der Waals surface area contributed by atoms with E-state index in [2.05, 4.69) is 29.1 Å². The SMILES string of the molecule is CCCNC(CN1CCCN(C)CC1)c1ccccc1F. The standard InChI is InChI=1S/C17H28FN3/c1-3-9-19-17(15-7-4-5-8-16(15)18)14-21-11-6-10-20(2)12-13-21/h4-5,7-8,17,19H,3,6,9-14H2,1-2H3. The van der Waals surface area contributed by atoms with Crippen LogP contribution in [0.3, 0.4) is 0 Å². The number of benzene rings is 1. The molecular formula is C17H28FN3. The monoisotopic (exact) mass is 293 g/mol. The lowest BCUT2D eigenvalue weighted by molar-refractivity contribution is 0.245. The Labute approximate surface area is 128 Å².